The zero-order chi connectivity index (χ0) is 13.3. The minimum Gasteiger partial charge on any atom is -0.464 e. The van der Waals surface area contributed by atoms with Gasteiger partial charge in [-0.05, 0) is 39.3 Å². The largest absolute Gasteiger partial charge is 0.464 e. The van der Waals surface area contributed by atoms with Gasteiger partial charge in [-0.1, -0.05) is 12.1 Å². The highest BCUT2D eigenvalue weighted by Crippen LogP contribution is 2.23. The summed E-state index contributed by atoms with van der Waals surface area (Å²) in [5.74, 6) is 0.0208. The number of furan rings is 1. The second-order valence-electron chi connectivity index (χ2n) is 5.44. The molecule has 0 aliphatic carbocycles. The Labute approximate surface area is 107 Å². The topological polar surface area (TPSA) is 39.4 Å². The first-order valence-electron chi connectivity index (χ1n) is 6.02. The number of ether oxygens (including phenoxy) is 1. The van der Waals surface area contributed by atoms with Gasteiger partial charge >= 0.3 is 0 Å². The first-order chi connectivity index (χ1) is 8.37. The van der Waals surface area contributed by atoms with E-state index in [0.717, 1.165) is 16.5 Å². The van der Waals surface area contributed by atoms with Crippen molar-refractivity contribution >= 4 is 16.8 Å². The lowest BCUT2D eigenvalue weighted by Gasteiger charge is -2.19. The van der Waals surface area contributed by atoms with Gasteiger partial charge in [0, 0.05) is 5.39 Å². The van der Waals surface area contributed by atoms with Crippen LogP contribution in [-0.2, 0) is 11.3 Å². The fraction of sp³-hybridized carbons (Fsp3) is 0.400. The van der Waals surface area contributed by atoms with Gasteiger partial charge in [0.25, 0.3) is 0 Å². The summed E-state index contributed by atoms with van der Waals surface area (Å²) in [6.07, 6.45) is 1.52. The van der Waals surface area contributed by atoms with Crippen molar-refractivity contribution in [3.05, 3.63) is 35.6 Å². The number of hydrogen-bond acceptors (Lipinski definition) is 3. The predicted molar refractivity (Wildman–Crippen MR) is 70.8 cm³/mol. The molecule has 0 saturated heterocycles. The van der Waals surface area contributed by atoms with E-state index in [2.05, 4.69) is 0 Å². The lowest BCUT2D eigenvalue weighted by atomic mass is 10.1. The van der Waals surface area contributed by atoms with Crippen LogP contribution in [0.15, 0.2) is 28.9 Å². The lowest BCUT2D eigenvalue weighted by Crippen LogP contribution is -2.18. The Hall–Kier alpha value is -1.61. The Morgan fingerprint density at radius 2 is 2.06 bits per heavy atom. The van der Waals surface area contributed by atoms with Crippen molar-refractivity contribution < 1.29 is 13.9 Å². The molecule has 0 atom stereocenters. The van der Waals surface area contributed by atoms with Crippen molar-refractivity contribution in [2.24, 2.45) is 0 Å². The third-order valence-corrected chi connectivity index (χ3v) is 2.69. The Kier molecular flexibility index (Phi) is 3.26. The summed E-state index contributed by atoms with van der Waals surface area (Å²) in [5.41, 5.74) is 2.24. The minimum atomic E-state index is -0.164. The average molecular weight is 246 g/mol. The molecule has 0 spiro atoms. The minimum absolute atomic E-state index is 0.0208. The van der Waals surface area contributed by atoms with Crippen molar-refractivity contribution in [1.82, 2.24) is 0 Å². The first-order valence-corrected chi connectivity index (χ1v) is 6.02. The maximum Gasteiger partial charge on any atom is 0.163 e. The Morgan fingerprint density at radius 3 is 2.67 bits per heavy atom. The zero-order valence-corrected chi connectivity index (χ0v) is 11.2. The van der Waals surface area contributed by atoms with E-state index in [4.69, 9.17) is 9.15 Å². The summed E-state index contributed by atoms with van der Waals surface area (Å²) in [6.45, 7) is 8.14. The molecule has 2 rings (SSSR count). The van der Waals surface area contributed by atoms with Crippen LogP contribution in [0, 0.1) is 0 Å². The maximum absolute atomic E-state index is 11.4. The molecule has 1 aromatic heterocycles. The highest BCUT2D eigenvalue weighted by molar-refractivity contribution is 6.05. The van der Waals surface area contributed by atoms with Gasteiger partial charge in [0.1, 0.15) is 11.8 Å². The standard InChI is InChI=1S/C15H18O3/c1-10(16)13-9-17-14-7-11(5-6-12(13)14)8-18-15(2,3)4/h5-7,9H,8H2,1-4H3. The van der Waals surface area contributed by atoms with Crippen LogP contribution in [0.3, 0.4) is 0 Å². The van der Waals surface area contributed by atoms with Crippen molar-refractivity contribution in [3.8, 4) is 0 Å². The van der Waals surface area contributed by atoms with Crippen LogP contribution in [0.5, 0.6) is 0 Å². The van der Waals surface area contributed by atoms with Crippen molar-refractivity contribution in [3.63, 3.8) is 0 Å². The molecule has 0 N–H and O–H groups in total. The van der Waals surface area contributed by atoms with E-state index >= 15 is 0 Å². The van der Waals surface area contributed by atoms with Gasteiger partial charge in [-0.15, -0.1) is 0 Å². The fourth-order valence-electron chi connectivity index (χ4n) is 1.73. The van der Waals surface area contributed by atoms with Gasteiger partial charge in [0.15, 0.2) is 5.78 Å². The van der Waals surface area contributed by atoms with Crippen molar-refractivity contribution in [1.29, 1.82) is 0 Å². The highest BCUT2D eigenvalue weighted by atomic mass is 16.5. The number of rotatable bonds is 3. The number of hydrogen-bond donors (Lipinski definition) is 0. The number of benzene rings is 1. The molecule has 0 radical (unpaired) electrons. The molecule has 3 heteroatoms. The SMILES string of the molecule is CC(=O)c1coc2cc(COC(C)(C)C)ccc12. The second kappa shape index (κ2) is 4.58. The van der Waals surface area contributed by atoms with Crippen molar-refractivity contribution in [2.75, 3.05) is 0 Å². The molecule has 2 aromatic rings. The number of fused-ring (bicyclic) bond motifs is 1. The van der Waals surface area contributed by atoms with Crippen LogP contribution in [0.2, 0.25) is 0 Å². The third kappa shape index (κ3) is 2.79. The Balaban J connectivity index is 2.26. The Morgan fingerprint density at radius 1 is 1.33 bits per heavy atom. The van der Waals surface area contributed by atoms with Gasteiger partial charge in [-0.3, -0.25) is 4.79 Å². The smallest absolute Gasteiger partial charge is 0.163 e. The maximum atomic E-state index is 11.4. The van der Waals surface area contributed by atoms with E-state index in [1.165, 1.54) is 6.26 Å². The number of carbonyl (C=O) groups excluding carboxylic acids is 1. The summed E-state index contributed by atoms with van der Waals surface area (Å²) in [5, 5.41) is 0.863. The summed E-state index contributed by atoms with van der Waals surface area (Å²) in [6, 6.07) is 5.81. The highest BCUT2D eigenvalue weighted by Gasteiger charge is 2.12. The van der Waals surface area contributed by atoms with Gasteiger partial charge in [0.05, 0.1) is 17.8 Å². The summed E-state index contributed by atoms with van der Waals surface area (Å²) >= 11 is 0. The average Bonchev–Trinajstić information content (AvgIpc) is 2.68. The Bertz CT molecular complexity index is 573. The zero-order valence-electron chi connectivity index (χ0n) is 11.2. The van der Waals surface area contributed by atoms with E-state index in [-0.39, 0.29) is 11.4 Å². The van der Waals surface area contributed by atoms with E-state index < -0.39 is 0 Å². The van der Waals surface area contributed by atoms with E-state index in [1.54, 1.807) is 6.92 Å². The molecular weight excluding hydrogens is 228 g/mol. The molecule has 1 heterocycles. The first kappa shape index (κ1) is 12.8. The molecule has 0 bridgehead atoms. The van der Waals surface area contributed by atoms with Crippen LogP contribution in [-0.4, -0.2) is 11.4 Å². The molecule has 0 saturated carbocycles. The molecule has 0 unspecified atom stereocenters. The molecule has 0 aliphatic heterocycles. The van der Waals surface area contributed by atoms with Crippen LogP contribution in [0.1, 0.15) is 43.6 Å². The molecule has 0 amide bonds. The molecule has 96 valence electrons. The molecule has 0 fully saturated rings. The second-order valence-corrected chi connectivity index (χ2v) is 5.44. The number of carbonyl (C=O) groups is 1. The summed E-state index contributed by atoms with van der Waals surface area (Å²) in [7, 11) is 0. The third-order valence-electron chi connectivity index (χ3n) is 2.69. The normalized spacial score (nSPS) is 12.0. The summed E-state index contributed by atoms with van der Waals surface area (Å²) < 4.78 is 11.1. The van der Waals surface area contributed by atoms with E-state index in [9.17, 15) is 4.79 Å². The predicted octanol–water partition coefficient (Wildman–Crippen LogP) is 3.95. The number of Topliss-reactive ketones (excluding diaryl/α,β-unsaturated/α-hetero) is 1. The van der Waals surface area contributed by atoms with Crippen LogP contribution < -0.4 is 0 Å². The molecular formula is C15H18O3. The van der Waals surface area contributed by atoms with Gasteiger partial charge < -0.3 is 9.15 Å². The van der Waals surface area contributed by atoms with Crippen LogP contribution >= 0.6 is 0 Å². The fourth-order valence-corrected chi connectivity index (χ4v) is 1.73. The van der Waals surface area contributed by atoms with Gasteiger partial charge in [0.2, 0.25) is 0 Å². The molecule has 3 nitrogen and oxygen atoms in total. The van der Waals surface area contributed by atoms with Gasteiger partial charge in [-0.2, -0.15) is 0 Å². The van der Waals surface area contributed by atoms with Crippen molar-refractivity contribution in [2.45, 2.75) is 39.9 Å². The lowest BCUT2D eigenvalue weighted by molar-refractivity contribution is -0.0149. The van der Waals surface area contributed by atoms with E-state index in [1.807, 2.05) is 39.0 Å². The summed E-state index contributed by atoms with van der Waals surface area (Å²) in [4.78, 5) is 11.4. The molecule has 1 aromatic carbocycles. The van der Waals surface area contributed by atoms with Crippen LogP contribution in [0.25, 0.3) is 11.0 Å². The van der Waals surface area contributed by atoms with Crippen LogP contribution in [0.4, 0.5) is 0 Å². The molecule has 0 aliphatic rings. The number of ketones is 1. The molecule has 18 heavy (non-hydrogen) atoms. The monoisotopic (exact) mass is 246 g/mol. The quantitative estimate of drug-likeness (QED) is 0.770. The van der Waals surface area contributed by atoms with E-state index in [0.29, 0.717) is 12.2 Å². The van der Waals surface area contributed by atoms with Gasteiger partial charge in [-0.25, -0.2) is 0 Å².